The Morgan fingerprint density at radius 3 is 2.96 bits per heavy atom. The Labute approximate surface area is 145 Å². The van der Waals surface area contributed by atoms with Crippen LogP contribution in [0.5, 0.6) is 0 Å². The molecule has 4 nitrogen and oxygen atoms in total. The second kappa shape index (κ2) is 6.42. The van der Waals surface area contributed by atoms with E-state index in [4.69, 9.17) is 0 Å². The summed E-state index contributed by atoms with van der Waals surface area (Å²) in [5.41, 5.74) is 4.32. The molecule has 3 aromatic rings. The quantitative estimate of drug-likeness (QED) is 0.770. The van der Waals surface area contributed by atoms with Crippen molar-refractivity contribution in [2.45, 2.75) is 19.4 Å². The molecule has 1 amide bonds. The largest absolute Gasteiger partial charge is 0.350 e. The standard InChI is InChI=1S/C19H21N3OS/c1-13-12-24-17-10-16(21-18(13)17)19(23)22-8-7-20-15(11-22)9-14-5-3-2-4-6-14/h2-6,10,12,15,20-21H,7-9,11H2,1H3. The summed E-state index contributed by atoms with van der Waals surface area (Å²) in [4.78, 5) is 18.1. The first kappa shape index (κ1) is 15.4. The van der Waals surface area contributed by atoms with E-state index in [1.54, 1.807) is 11.3 Å². The van der Waals surface area contributed by atoms with Crippen molar-refractivity contribution in [3.63, 3.8) is 0 Å². The maximum absolute atomic E-state index is 12.8. The molecule has 24 heavy (non-hydrogen) atoms. The molecule has 1 aromatic carbocycles. The van der Waals surface area contributed by atoms with Gasteiger partial charge in [-0.25, -0.2) is 0 Å². The summed E-state index contributed by atoms with van der Waals surface area (Å²) in [6, 6.07) is 12.7. The highest BCUT2D eigenvalue weighted by Crippen LogP contribution is 2.26. The van der Waals surface area contributed by atoms with E-state index in [1.165, 1.54) is 11.1 Å². The number of carbonyl (C=O) groups excluding carboxylic acids is 1. The van der Waals surface area contributed by atoms with Crippen LogP contribution in [0.15, 0.2) is 41.8 Å². The number of piperazine rings is 1. The van der Waals surface area contributed by atoms with Crippen LogP contribution in [0, 0.1) is 6.92 Å². The van der Waals surface area contributed by atoms with Crippen molar-refractivity contribution in [2.75, 3.05) is 19.6 Å². The highest BCUT2D eigenvalue weighted by Gasteiger charge is 2.25. The lowest BCUT2D eigenvalue weighted by molar-refractivity contribution is 0.0698. The maximum atomic E-state index is 12.8. The molecule has 1 atom stereocenters. The molecule has 0 radical (unpaired) electrons. The van der Waals surface area contributed by atoms with E-state index in [0.29, 0.717) is 11.7 Å². The zero-order valence-electron chi connectivity index (χ0n) is 13.7. The predicted molar refractivity (Wildman–Crippen MR) is 98.8 cm³/mol. The Kier molecular flexibility index (Phi) is 4.12. The Hall–Kier alpha value is -2.11. The van der Waals surface area contributed by atoms with E-state index in [-0.39, 0.29) is 5.91 Å². The molecule has 1 saturated heterocycles. The van der Waals surface area contributed by atoms with Gasteiger partial charge in [-0.1, -0.05) is 30.3 Å². The number of H-pyrrole nitrogens is 1. The lowest BCUT2D eigenvalue weighted by Crippen LogP contribution is -2.53. The Morgan fingerprint density at radius 1 is 1.33 bits per heavy atom. The molecule has 2 N–H and O–H groups in total. The molecular weight excluding hydrogens is 318 g/mol. The highest BCUT2D eigenvalue weighted by molar-refractivity contribution is 7.17. The third kappa shape index (κ3) is 2.97. The van der Waals surface area contributed by atoms with Crippen LogP contribution >= 0.6 is 11.3 Å². The zero-order chi connectivity index (χ0) is 16.5. The zero-order valence-corrected chi connectivity index (χ0v) is 14.5. The number of hydrogen-bond acceptors (Lipinski definition) is 3. The minimum absolute atomic E-state index is 0.109. The monoisotopic (exact) mass is 339 g/mol. The van der Waals surface area contributed by atoms with E-state index in [9.17, 15) is 4.79 Å². The minimum atomic E-state index is 0.109. The van der Waals surface area contributed by atoms with Gasteiger partial charge in [-0.05, 0) is 35.9 Å². The molecule has 0 bridgehead atoms. The van der Waals surface area contributed by atoms with Crippen LogP contribution in [0.25, 0.3) is 10.2 Å². The molecule has 0 spiro atoms. The van der Waals surface area contributed by atoms with Crippen LogP contribution in [0.3, 0.4) is 0 Å². The van der Waals surface area contributed by atoms with Gasteiger partial charge in [-0.2, -0.15) is 0 Å². The van der Waals surface area contributed by atoms with E-state index in [1.807, 2.05) is 17.0 Å². The summed E-state index contributed by atoms with van der Waals surface area (Å²) in [6.45, 7) is 4.43. The third-order valence-corrected chi connectivity index (χ3v) is 5.68. The summed E-state index contributed by atoms with van der Waals surface area (Å²) in [5.74, 6) is 0.109. The Morgan fingerprint density at radius 2 is 2.17 bits per heavy atom. The number of aromatic nitrogens is 1. The second-order valence-corrected chi connectivity index (χ2v) is 7.34. The van der Waals surface area contributed by atoms with Gasteiger partial charge in [0.1, 0.15) is 5.69 Å². The molecule has 0 aliphatic carbocycles. The van der Waals surface area contributed by atoms with Gasteiger partial charge < -0.3 is 15.2 Å². The number of aryl methyl sites for hydroxylation is 1. The highest BCUT2D eigenvalue weighted by atomic mass is 32.1. The number of rotatable bonds is 3. The summed E-state index contributed by atoms with van der Waals surface area (Å²) >= 11 is 1.69. The lowest BCUT2D eigenvalue weighted by Gasteiger charge is -2.33. The number of hydrogen-bond donors (Lipinski definition) is 2. The number of amides is 1. The van der Waals surface area contributed by atoms with Crippen LogP contribution in [0.2, 0.25) is 0 Å². The number of benzene rings is 1. The summed E-state index contributed by atoms with van der Waals surface area (Å²) in [7, 11) is 0. The molecule has 1 aliphatic heterocycles. The summed E-state index contributed by atoms with van der Waals surface area (Å²) in [6.07, 6.45) is 0.948. The molecule has 4 rings (SSSR count). The predicted octanol–water partition coefficient (Wildman–Crippen LogP) is 3.19. The summed E-state index contributed by atoms with van der Waals surface area (Å²) < 4.78 is 1.16. The normalized spacial score (nSPS) is 18.2. The molecule has 124 valence electrons. The molecule has 1 aliphatic rings. The second-order valence-electron chi connectivity index (χ2n) is 6.43. The molecule has 1 fully saturated rings. The van der Waals surface area contributed by atoms with Gasteiger partial charge in [0, 0.05) is 25.7 Å². The minimum Gasteiger partial charge on any atom is -0.350 e. The van der Waals surface area contributed by atoms with Crippen LogP contribution in [0.4, 0.5) is 0 Å². The van der Waals surface area contributed by atoms with Gasteiger partial charge in [0.15, 0.2) is 0 Å². The number of nitrogens with zero attached hydrogens (tertiary/aromatic N) is 1. The van der Waals surface area contributed by atoms with E-state index >= 15 is 0 Å². The average Bonchev–Trinajstić information content (AvgIpc) is 3.18. The van der Waals surface area contributed by atoms with Gasteiger partial charge in [-0.3, -0.25) is 4.79 Å². The van der Waals surface area contributed by atoms with Gasteiger partial charge in [0.05, 0.1) is 10.2 Å². The lowest BCUT2D eigenvalue weighted by atomic mass is 10.0. The fraction of sp³-hybridized carbons (Fsp3) is 0.316. The fourth-order valence-electron chi connectivity index (χ4n) is 3.36. The SMILES string of the molecule is Cc1csc2cc(C(=O)N3CCNC(Cc4ccccc4)C3)[nH]c12. The molecule has 1 unspecified atom stereocenters. The maximum Gasteiger partial charge on any atom is 0.270 e. The van der Waals surface area contributed by atoms with Crippen LogP contribution in [-0.2, 0) is 6.42 Å². The Bertz CT molecular complexity index is 852. The number of aromatic amines is 1. The Balaban J connectivity index is 1.47. The van der Waals surface area contributed by atoms with Gasteiger partial charge in [-0.15, -0.1) is 11.3 Å². The van der Waals surface area contributed by atoms with Gasteiger partial charge >= 0.3 is 0 Å². The van der Waals surface area contributed by atoms with Crippen LogP contribution < -0.4 is 5.32 Å². The van der Waals surface area contributed by atoms with E-state index < -0.39 is 0 Å². The number of fused-ring (bicyclic) bond motifs is 1. The molecular formula is C19H21N3OS. The van der Waals surface area contributed by atoms with Crippen LogP contribution in [0.1, 0.15) is 21.6 Å². The van der Waals surface area contributed by atoms with Crippen molar-refractivity contribution >= 4 is 27.5 Å². The molecule has 2 aromatic heterocycles. The first-order valence-corrected chi connectivity index (χ1v) is 9.22. The van der Waals surface area contributed by atoms with Gasteiger partial charge in [0.2, 0.25) is 0 Å². The van der Waals surface area contributed by atoms with Crippen molar-refractivity contribution in [1.29, 1.82) is 0 Å². The molecule has 3 heterocycles. The van der Waals surface area contributed by atoms with Crippen molar-refractivity contribution in [2.24, 2.45) is 0 Å². The van der Waals surface area contributed by atoms with E-state index in [0.717, 1.165) is 36.3 Å². The molecule has 5 heteroatoms. The van der Waals surface area contributed by atoms with Crippen molar-refractivity contribution < 1.29 is 4.79 Å². The number of carbonyl (C=O) groups is 1. The first-order chi connectivity index (χ1) is 11.7. The van der Waals surface area contributed by atoms with Crippen LogP contribution in [-0.4, -0.2) is 41.5 Å². The van der Waals surface area contributed by atoms with Crippen molar-refractivity contribution in [3.05, 3.63) is 58.6 Å². The number of thiophene rings is 1. The molecule has 0 saturated carbocycles. The summed E-state index contributed by atoms with van der Waals surface area (Å²) in [5, 5.41) is 5.65. The van der Waals surface area contributed by atoms with E-state index in [2.05, 4.69) is 46.9 Å². The third-order valence-electron chi connectivity index (χ3n) is 4.64. The average molecular weight is 339 g/mol. The number of nitrogens with one attached hydrogen (secondary N) is 2. The van der Waals surface area contributed by atoms with Crippen molar-refractivity contribution in [1.82, 2.24) is 15.2 Å². The first-order valence-electron chi connectivity index (χ1n) is 8.34. The fourth-order valence-corrected chi connectivity index (χ4v) is 4.30. The topological polar surface area (TPSA) is 48.1 Å². The van der Waals surface area contributed by atoms with Crippen molar-refractivity contribution in [3.8, 4) is 0 Å². The smallest absolute Gasteiger partial charge is 0.270 e. The van der Waals surface area contributed by atoms with Gasteiger partial charge in [0.25, 0.3) is 5.91 Å².